The number of amides is 1. The number of hydrogen-bond acceptors (Lipinski definition) is 3. The van der Waals surface area contributed by atoms with Gasteiger partial charge in [0.25, 0.3) is 0 Å². The number of nitrogens with zero attached hydrogens (tertiary/aromatic N) is 1. The highest BCUT2D eigenvalue weighted by Gasteiger charge is 2.37. The maximum Gasteiger partial charge on any atom is 0.230 e. The summed E-state index contributed by atoms with van der Waals surface area (Å²) in [6.45, 7) is 8.79. The zero-order chi connectivity index (χ0) is 12.9. The van der Waals surface area contributed by atoms with Gasteiger partial charge in [0.15, 0.2) is 0 Å². The second kappa shape index (κ2) is 6.36. The topological polar surface area (TPSA) is 55.6 Å². The van der Waals surface area contributed by atoms with Crippen LogP contribution in [0.1, 0.15) is 40.0 Å². The molecule has 0 aromatic carbocycles. The quantitative estimate of drug-likeness (QED) is 0.810. The van der Waals surface area contributed by atoms with Gasteiger partial charge in [-0.1, -0.05) is 13.8 Å². The van der Waals surface area contributed by atoms with Crippen molar-refractivity contribution in [1.82, 2.24) is 4.90 Å². The summed E-state index contributed by atoms with van der Waals surface area (Å²) in [4.78, 5) is 14.5. The van der Waals surface area contributed by atoms with Gasteiger partial charge in [-0.15, -0.1) is 0 Å². The Bertz CT molecular complexity index is 244. The Morgan fingerprint density at radius 1 is 1.47 bits per heavy atom. The number of ether oxygens (including phenoxy) is 1. The predicted octanol–water partition coefficient (Wildman–Crippen LogP) is 1.39. The largest absolute Gasteiger partial charge is 0.377 e. The minimum absolute atomic E-state index is 0.130. The van der Waals surface area contributed by atoms with Crippen LogP contribution in [0.4, 0.5) is 0 Å². The summed E-state index contributed by atoms with van der Waals surface area (Å²) in [6, 6.07) is 0. The highest BCUT2D eigenvalue weighted by atomic mass is 16.5. The molecule has 4 heteroatoms. The van der Waals surface area contributed by atoms with E-state index in [9.17, 15) is 4.79 Å². The maximum absolute atomic E-state index is 12.6. The van der Waals surface area contributed by atoms with Crippen LogP contribution in [0.5, 0.6) is 0 Å². The summed E-state index contributed by atoms with van der Waals surface area (Å²) in [5.74, 6) is 0.211. The Morgan fingerprint density at radius 2 is 2.12 bits per heavy atom. The summed E-state index contributed by atoms with van der Waals surface area (Å²) in [7, 11) is 0. The third-order valence-electron chi connectivity index (χ3n) is 3.94. The van der Waals surface area contributed by atoms with Crippen LogP contribution >= 0.6 is 0 Å². The molecule has 1 unspecified atom stereocenters. The molecule has 4 nitrogen and oxygen atoms in total. The maximum atomic E-state index is 12.6. The Morgan fingerprint density at radius 3 is 2.65 bits per heavy atom. The van der Waals surface area contributed by atoms with E-state index < -0.39 is 0 Å². The lowest BCUT2D eigenvalue weighted by molar-refractivity contribution is -0.142. The number of hydrogen-bond donors (Lipinski definition) is 1. The van der Waals surface area contributed by atoms with Gasteiger partial charge in [0.1, 0.15) is 0 Å². The lowest BCUT2D eigenvalue weighted by atomic mass is 9.81. The molecule has 1 fully saturated rings. The second-order valence-electron chi connectivity index (χ2n) is 4.98. The lowest BCUT2D eigenvalue weighted by Gasteiger charge is -2.35. The van der Waals surface area contributed by atoms with Crippen molar-refractivity contribution in [2.24, 2.45) is 11.1 Å². The molecule has 0 spiro atoms. The molecular formula is C13H26N2O2. The van der Waals surface area contributed by atoms with E-state index in [4.69, 9.17) is 10.5 Å². The van der Waals surface area contributed by atoms with E-state index in [1.165, 1.54) is 0 Å². The van der Waals surface area contributed by atoms with Gasteiger partial charge < -0.3 is 15.4 Å². The van der Waals surface area contributed by atoms with Crippen molar-refractivity contribution in [1.29, 1.82) is 0 Å². The molecule has 2 N–H and O–H groups in total. The van der Waals surface area contributed by atoms with Crippen molar-refractivity contribution in [3.63, 3.8) is 0 Å². The van der Waals surface area contributed by atoms with Crippen LogP contribution in [-0.2, 0) is 9.53 Å². The fraction of sp³-hybridized carbons (Fsp3) is 0.923. The lowest BCUT2D eigenvalue weighted by Crippen LogP contribution is -2.49. The van der Waals surface area contributed by atoms with Gasteiger partial charge in [-0.3, -0.25) is 4.79 Å². The molecule has 1 atom stereocenters. The van der Waals surface area contributed by atoms with Gasteiger partial charge in [-0.2, -0.15) is 0 Å². The van der Waals surface area contributed by atoms with E-state index in [0.717, 1.165) is 32.4 Å². The Balaban J connectivity index is 2.78. The molecule has 0 aromatic heterocycles. The van der Waals surface area contributed by atoms with Crippen molar-refractivity contribution in [2.45, 2.75) is 46.1 Å². The normalized spacial score (nSPS) is 22.4. The molecule has 0 aliphatic carbocycles. The third-order valence-corrected chi connectivity index (χ3v) is 3.94. The van der Waals surface area contributed by atoms with Crippen LogP contribution in [0.25, 0.3) is 0 Å². The first kappa shape index (κ1) is 14.5. The van der Waals surface area contributed by atoms with Crippen molar-refractivity contribution in [3.8, 4) is 0 Å². The van der Waals surface area contributed by atoms with Crippen molar-refractivity contribution >= 4 is 5.91 Å². The van der Waals surface area contributed by atoms with Gasteiger partial charge in [-0.05, 0) is 26.2 Å². The first-order valence-corrected chi connectivity index (χ1v) is 6.70. The molecule has 1 aliphatic heterocycles. The average molecular weight is 242 g/mol. The second-order valence-corrected chi connectivity index (χ2v) is 4.98. The summed E-state index contributed by atoms with van der Waals surface area (Å²) < 4.78 is 5.57. The van der Waals surface area contributed by atoms with E-state index in [-0.39, 0.29) is 17.4 Å². The minimum Gasteiger partial charge on any atom is -0.377 e. The highest BCUT2D eigenvalue weighted by Crippen LogP contribution is 2.28. The first-order chi connectivity index (χ1) is 8.09. The number of carbonyl (C=O) groups excluding carboxylic acids is 1. The SMILES string of the molecule is CCC(CC)(CN)C(=O)N1CCCOC(C)C1. The zero-order valence-electron chi connectivity index (χ0n) is 11.4. The molecular weight excluding hydrogens is 216 g/mol. The molecule has 0 aromatic rings. The Kier molecular flexibility index (Phi) is 5.40. The van der Waals surface area contributed by atoms with Crippen LogP contribution in [0.3, 0.4) is 0 Å². The van der Waals surface area contributed by atoms with Gasteiger partial charge in [0.2, 0.25) is 5.91 Å². The highest BCUT2D eigenvalue weighted by molar-refractivity contribution is 5.83. The molecule has 17 heavy (non-hydrogen) atoms. The summed E-state index contributed by atoms with van der Waals surface area (Å²) in [5.41, 5.74) is 5.46. The van der Waals surface area contributed by atoms with Crippen LogP contribution in [0.2, 0.25) is 0 Å². The van der Waals surface area contributed by atoms with Gasteiger partial charge in [0.05, 0.1) is 11.5 Å². The Hall–Kier alpha value is -0.610. The molecule has 1 aliphatic rings. The Labute approximate surface area is 104 Å². The van der Waals surface area contributed by atoms with E-state index in [0.29, 0.717) is 13.1 Å². The van der Waals surface area contributed by atoms with E-state index >= 15 is 0 Å². The molecule has 0 saturated carbocycles. The van der Waals surface area contributed by atoms with Crippen molar-refractivity contribution < 1.29 is 9.53 Å². The van der Waals surface area contributed by atoms with Crippen molar-refractivity contribution in [2.75, 3.05) is 26.2 Å². The molecule has 1 saturated heterocycles. The molecule has 1 amide bonds. The standard InChI is InChI=1S/C13H26N2O2/c1-4-13(5-2,10-14)12(16)15-7-6-8-17-11(3)9-15/h11H,4-10,14H2,1-3H3. The van der Waals surface area contributed by atoms with Crippen LogP contribution < -0.4 is 5.73 Å². The third kappa shape index (κ3) is 3.19. The molecule has 100 valence electrons. The summed E-state index contributed by atoms with van der Waals surface area (Å²) in [5, 5.41) is 0. The predicted molar refractivity (Wildman–Crippen MR) is 68.7 cm³/mol. The molecule has 1 heterocycles. The van der Waals surface area contributed by atoms with Gasteiger partial charge in [-0.25, -0.2) is 0 Å². The molecule has 0 bridgehead atoms. The summed E-state index contributed by atoms with van der Waals surface area (Å²) in [6.07, 6.45) is 2.67. The summed E-state index contributed by atoms with van der Waals surface area (Å²) >= 11 is 0. The van der Waals surface area contributed by atoms with E-state index in [1.807, 2.05) is 25.7 Å². The number of rotatable bonds is 4. The fourth-order valence-electron chi connectivity index (χ4n) is 2.44. The minimum atomic E-state index is -0.371. The van der Waals surface area contributed by atoms with Gasteiger partial charge >= 0.3 is 0 Å². The van der Waals surface area contributed by atoms with E-state index in [2.05, 4.69) is 0 Å². The zero-order valence-corrected chi connectivity index (χ0v) is 11.4. The number of nitrogens with two attached hydrogens (primary N) is 1. The van der Waals surface area contributed by atoms with Crippen LogP contribution in [-0.4, -0.2) is 43.2 Å². The van der Waals surface area contributed by atoms with Crippen molar-refractivity contribution in [3.05, 3.63) is 0 Å². The first-order valence-electron chi connectivity index (χ1n) is 6.70. The average Bonchev–Trinajstić information content (AvgIpc) is 2.56. The monoisotopic (exact) mass is 242 g/mol. The van der Waals surface area contributed by atoms with E-state index in [1.54, 1.807) is 0 Å². The molecule has 0 radical (unpaired) electrons. The van der Waals surface area contributed by atoms with Crippen LogP contribution in [0, 0.1) is 5.41 Å². The fourth-order valence-corrected chi connectivity index (χ4v) is 2.44. The van der Waals surface area contributed by atoms with Crippen LogP contribution in [0.15, 0.2) is 0 Å². The smallest absolute Gasteiger partial charge is 0.230 e. The van der Waals surface area contributed by atoms with Gasteiger partial charge in [0, 0.05) is 26.2 Å². The molecule has 1 rings (SSSR count). The number of carbonyl (C=O) groups is 1.